The van der Waals surface area contributed by atoms with Gasteiger partial charge in [0.2, 0.25) is 0 Å². The Hall–Kier alpha value is -1.81. The molecule has 2 aromatic rings. The van der Waals surface area contributed by atoms with Crippen LogP contribution < -0.4 is 0 Å². The summed E-state index contributed by atoms with van der Waals surface area (Å²) in [5.74, 6) is -0.384. The molecule has 2 aromatic carbocycles. The molecule has 0 spiro atoms. The van der Waals surface area contributed by atoms with E-state index >= 15 is 0 Å². The van der Waals surface area contributed by atoms with Crippen LogP contribution in [0.2, 0.25) is 0 Å². The molecule has 2 unspecified atom stereocenters. The fourth-order valence-corrected chi connectivity index (χ4v) is 4.96. The second-order valence-electron chi connectivity index (χ2n) is 5.70. The lowest BCUT2D eigenvalue weighted by Gasteiger charge is -2.23. The second kappa shape index (κ2) is 6.83. The molecule has 0 aliphatic carbocycles. The summed E-state index contributed by atoms with van der Waals surface area (Å²) in [6.45, 7) is 0.0935. The average molecular weight is 427 g/mol. The van der Waals surface area contributed by atoms with Gasteiger partial charge in [-0.05, 0) is 30.2 Å². The van der Waals surface area contributed by atoms with Crippen LogP contribution >= 0.6 is 15.9 Å². The first-order chi connectivity index (χ1) is 11.8. The van der Waals surface area contributed by atoms with Crippen molar-refractivity contribution >= 4 is 31.6 Å². The number of para-hydroxylation sites is 1. The van der Waals surface area contributed by atoms with E-state index in [1.165, 1.54) is 18.2 Å². The maximum atomic E-state index is 12.9. The number of nitrogens with zero attached hydrogens (tertiary/aromatic N) is 2. The molecule has 1 aliphatic rings. The molecular formula is C16H15BrN2O5S. The molecule has 7 nitrogen and oxygen atoms in total. The van der Waals surface area contributed by atoms with Crippen molar-refractivity contribution in [3.8, 4) is 0 Å². The van der Waals surface area contributed by atoms with E-state index in [1.807, 2.05) is 24.3 Å². The lowest BCUT2D eigenvalue weighted by atomic mass is 9.97. The van der Waals surface area contributed by atoms with Gasteiger partial charge in [-0.1, -0.05) is 40.2 Å². The monoisotopic (exact) mass is 426 g/mol. The Morgan fingerprint density at radius 3 is 2.44 bits per heavy atom. The lowest BCUT2D eigenvalue weighted by molar-refractivity contribution is -0.387. The van der Waals surface area contributed by atoms with Gasteiger partial charge in [-0.2, -0.15) is 4.31 Å². The quantitative estimate of drug-likeness (QED) is 0.598. The normalized spacial score (nSPS) is 21.4. The van der Waals surface area contributed by atoms with E-state index in [2.05, 4.69) is 15.9 Å². The van der Waals surface area contributed by atoms with E-state index in [1.54, 1.807) is 0 Å². The minimum Gasteiger partial charge on any atom is -0.377 e. The van der Waals surface area contributed by atoms with Crippen molar-refractivity contribution in [2.24, 2.45) is 0 Å². The summed E-state index contributed by atoms with van der Waals surface area (Å²) in [5.41, 5.74) is 0.317. The molecule has 9 heteroatoms. The molecule has 1 saturated heterocycles. The Kier molecular flexibility index (Phi) is 4.92. The minimum atomic E-state index is -4.18. The SMILES string of the molecule is O=[N+]([O-])c1ccccc1S(=O)(=O)N1CCC(c2ccc(Br)cc2)C1O. The van der Waals surface area contributed by atoms with Gasteiger partial charge in [0.05, 0.1) is 4.92 Å². The van der Waals surface area contributed by atoms with E-state index in [9.17, 15) is 23.6 Å². The van der Waals surface area contributed by atoms with Crippen LogP contribution in [0.5, 0.6) is 0 Å². The maximum absolute atomic E-state index is 12.9. The molecule has 1 N–H and O–H groups in total. The molecule has 0 amide bonds. The number of sulfonamides is 1. The number of halogens is 1. The van der Waals surface area contributed by atoms with Crippen molar-refractivity contribution in [3.05, 3.63) is 68.7 Å². The molecule has 132 valence electrons. The number of nitro groups is 1. The standard InChI is InChI=1S/C16H15BrN2O5S/c17-12-7-5-11(6-8-12)13-9-10-18(16(13)20)25(23,24)15-4-2-1-3-14(15)19(21)22/h1-8,13,16,20H,9-10H2. The van der Waals surface area contributed by atoms with Crippen molar-refractivity contribution < 1.29 is 18.4 Å². The Labute approximate surface area is 153 Å². The van der Waals surface area contributed by atoms with Crippen LogP contribution in [0.4, 0.5) is 5.69 Å². The molecular weight excluding hydrogens is 412 g/mol. The zero-order chi connectivity index (χ0) is 18.2. The smallest absolute Gasteiger partial charge is 0.289 e. The Morgan fingerprint density at radius 2 is 1.80 bits per heavy atom. The predicted octanol–water partition coefficient (Wildman–Crippen LogP) is 2.85. The number of nitro benzene ring substituents is 1. The number of rotatable bonds is 4. The number of aliphatic hydroxyl groups excluding tert-OH is 1. The molecule has 0 saturated carbocycles. The molecule has 0 radical (unpaired) electrons. The number of aliphatic hydroxyl groups is 1. The highest BCUT2D eigenvalue weighted by Crippen LogP contribution is 2.37. The van der Waals surface area contributed by atoms with E-state index in [-0.39, 0.29) is 12.5 Å². The molecule has 1 fully saturated rings. The van der Waals surface area contributed by atoms with Gasteiger partial charge in [0.1, 0.15) is 6.23 Å². The average Bonchev–Trinajstić information content (AvgIpc) is 2.98. The van der Waals surface area contributed by atoms with Crippen LogP contribution in [0.25, 0.3) is 0 Å². The summed E-state index contributed by atoms with van der Waals surface area (Å²) in [7, 11) is -4.18. The van der Waals surface area contributed by atoms with Gasteiger partial charge in [0.15, 0.2) is 4.90 Å². The lowest BCUT2D eigenvalue weighted by Crippen LogP contribution is -2.37. The first-order valence-corrected chi connectivity index (χ1v) is 9.74. The van der Waals surface area contributed by atoms with Crippen LogP contribution in [0, 0.1) is 10.1 Å². The summed E-state index contributed by atoms with van der Waals surface area (Å²) >= 11 is 3.33. The fraction of sp³-hybridized carbons (Fsp3) is 0.250. The molecule has 2 atom stereocenters. The highest BCUT2D eigenvalue weighted by molar-refractivity contribution is 9.10. The van der Waals surface area contributed by atoms with E-state index < -0.39 is 31.8 Å². The second-order valence-corrected chi connectivity index (χ2v) is 8.48. The molecule has 1 heterocycles. The third kappa shape index (κ3) is 3.32. The zero-order valence-corrected chi connectivity index (χ0v) is 15.4. The largest absolute Gasteiger partial charge is 0.377 e. The van der Waals surface area contributed by atoms with Crippen LogP contribution in [-0.4, -0.2) is 35.5 Å². The van der Waals surface area contributed by atoms with Crippen molar-refractivity contribution in [1.82, 2.24) is 4.31 Å². The molecule has 25 heavy (non-hydrogen) atoms. The molecule has 0 bridgehead atoms. The fourth-order valence-electron chi connectivity index (χ4n) is 3.01. The summed E-state index contributed by atoms with van der Waals surface area (Å²) in [6.07, 6.45) is -0.839. The van der Waals surface area contributed by atoms with Crippen LogP contribution in [0.3, 0.4) is 0 Å². The first-order valence-electron chi connectivity index (χ1n) is 7.51. The van der Waals surface area contributed by atoms with Crippen LogP contribution in [-0.2, 0) is 10.0 Å². The minimum absolute atomic E-state index is 0.0935. The molecule has 0 aromatic heterocycles. The highest BCUT2D eigenvalue weighted by atomic mass is 79.9. The maximum Gasteiger partial charge on any atom is 0.289 e. The number of hydrogen-bond donors (Lipinski definition) is 1. The summed E-state index contributed by atoms with van der Waals surface area (Å²) in [5, 5.41) is 21.7. The van der Waals surface area contributed by atoms with E-state index in [0.717, 1.165) is 20.4 Å². The van der Waals surface area contributed by atoms with Crippen molar-refractivity contribution in [1.29, 1.82) is 0 Å². The summed E-state index contributed by atoms with van der Waals surface area (Å²) in [4.78, 5) is 10.00. The predicted molar refractivity (Wildman–Crippen MR) is 94.5 cm³/mol. The molecule has 1 aliphatic heterocycles. The Balaban J connectivity index is 1.94. The van der Waals surface area contributed by atoms with Gasteiger partial charge in [-0.25, -0.2) is 8.42 Å². The summed E-state index contributed by atoms with van der Waals surface area (Å²) in [6, 6.07) is 12.4. The first kappa shape index (κ1) is 18.0. The van der Waals surface area contributed by atoms with Gasteiger partial charge >= 0.3 is 0 Å². The van der Waals surface area contributed by atoms with Crippen molar-refractivity contribution in [2.45, 2.75) is 23.5 Å². The highest BCUT2D eigenvalue weighted by Gasteiger charge is 2.43. The third-order valence-electron chi connectivity index (χ3n) is 4.26. The van der Waals surface area contributed by atoms with Gasteiger partial charge in [0, 0.05) is 23.0 Å². The number of benzene rings is 2. The Bertz CT molecular complexity index is 901. The Morgan fingerprint density at radius 1 is 1.16 bits per heavy atom. The topological polar surface area (TPSA) is 101 Å². The van der Waals surface area contributed by atoms with Gasteiger partial charge in [-0.3, -0.25) is 10.1 Å². The third-order valence-corrected chi connectivity index (χ3v) is 6.71. The van der Waals surface area contributed by atoms with Crippen molar-refractivity contribution in [3.63, 3.8) is 0 Å². The zero-order valence-electron chi connectivity index (χ0n) is 12.9. The molecule has 3 rings (SSSR count). The van der Waals surface area contributed by atoms with E-state index in [4.69, 9.17) is 0 Å². The van der Waals surface area contributed by atoms with Crippen LogP contribution in [0.15, 0.2) is 57.9 Å². The summed E-state index contributed by atoms with van der Waals surface area (Å²) < 4.78 is 27.5. The van der Waals surface area contributed by atoms with Gasteiger partial charge in [0.25, 0.3) is 15.7 Å². The van der Waals surface area contributed by atoms with Crippen LogP contribution in [0.1, 0.15) is 17.9 Å². The van der Waals surface area contributed by atoms with Gasteiger partial charge < -0.3 is 5.11 Å². The van der Waals surface area contributed by atoms with Crippen molar-refractivity contribution in [2.75, 3.05) is 6.54 Å². The number of hydrogen-bond acceptors (Lipinski definition) is 5. The van der Waals surface area contributed by atoms with Gasteiger partial charge in [-0.15, -0.1) is 0 Å². The van der Waals surface area contributed by atoms with E-state index in [0.29, 0.717) is 6.42 Å².